The van der Waals surface area contributed by atoms with Crippen LogP contribution in [0, 0.1) is 5.92 Å². The molecule has 116 valence electrons. The summed E-state index contributed by atoms with van der Waals surface area (Å²) >= 11 is 0. The highest BCUT2D eigenvalue weighted by atomic mass is 16.5. The van der Waals surface area contributed by atoms with Gasteiger partial charge in [0.2, 0.25) is 5.91 Å². The van der Waals surface area contributed by atoms with E-state index in [1.165, 1.54) is 12.8 Å². The van der Waals surface area contributed by atoms with Gasteiger partial charge in [-0.1, -0.05) is 12.1 Å². The third kappa shape index (κ3) is 5.86. The van der Waals surface area contributed by atoms with Gasteiger partial charge in [0.15, 0.2) is 0 Å². The van der Waals surface area contributed by atoms with Gasteiger partial charge < -0.3 is 15.4 Å². The van der Waals surface area contributed by atoms with Gasteiger partial charge in [0.25, 0.3) is 0 Å². The smallest absolute Gasteiger partial charge is 0.224 e. The number of carbonyl (C=O) groups is 1. The Morgan fingerprint density at radius 2 is 2.19 bits per heavy atom. The molecule has 0 radical (unpaired) electrons. The lowest BCUT2D eigenvalue weighted by molar-refractivity contribution is -0.116. The summed E-state index contributed by atoms with van der Waals surface area (Å²) in [6.45, 7) is 5.45. The van der Waals surface area contributed by atoms with Crippen molar-refractivity contribution in [3.63, 3.8) is 0 Å². The monoisotopic (exact) mass is 290 g/mol. The van der Waals surface area contributed by atoms with E-state index < -0.39 is 0 Å². The van der Waals surface area contributed by atoms with Crippen molar-refractivity contribution in [2.45, 2.75) is 39.2 Å². The summed E-state index contributed by atoms with van der Waals surface area (Å²) in [5.74, 6) is 0.809. The van der Waals surface area contributed by atoms with E-state index >= 15 is 0 Å². The van der Waals surface area contributed by atoms with Crippen LogP contribution in [-0.4, -0.2) is 25.6 Å². The lowest BCUT2D eigenvalue weighted by atomic mass is 9.93. The van der Waals surface area contributed by atoms with E-state index in [9.17, 15) is 4.79 Å². The molecule has 1 amide bonds. The van der Waals surface area contributed by atoms with Crippen LogP contribution in [0.15, 0.2) is 24.3 Å². The lowest BCUT2D eigenvalue weighted by Crippen LogP contribution is -2.28. The molecule has 1 heterocycles. The first-order valence-corrected chi connectivity index (χ1v) is 7.95. The van der Waals surface area contributed by atoms with Gasteiger partial charge in [-0.05, 0) is 62.9 Å². The molecule has 21 heavy (non-hydrogen) atoms. The summed E-state index contributed by atoms with van der Waals surface area (Å²) < 4.78 is 5.39. The largest absolute Gasteiger partial charge is 0.377 e. The fraction of sp³-hybridized carbons (Fsp3) is 0.588. The second-order valence-electron chi connectivity index (χ2n) is 5.62. The van der Waals surface area contributed by atoms with E-state index in [1.54, 1.807) is 0 Å². The summed E-state index contributed by atoms with van der Waals surface area (Å²) in [6, 6.07) is 7.88. The standard InChI is InChI=1S/C17H26N2O2/c1-2-21-13-15-4-3-5-16(12-15)19-17(20)7-6-14-8-10-18-11-9-14/h3-5,12,14,18H,2,6-11,13H2,1H3,(H,19,20). The molecule has 2 N–H and O–H groups in total. The minimum Gasteiger partial charge on any atom is -0.377 e. The zero-order chi connectivity index (χ0) is 14.9. The van der Waals surface area contributed by atoms with Crippen LogP contribution in [0.2, 0.25) is 0 Å². The van der Waals surface area contributed by atoms with Crippen molar-refractivity contribution in [2.24, 2.45) is 5.92 Å². The van der Waals surface area contributed by atoms with Gasteiger partial charge in [0, 0.05) is 18.7 Å². The molecule has 1 aliphatic heterocycles. The molecule has 0 aliphatic carbocycles. The third-order valence-electron chi connectivity index (χ3n) is 3.92. The van der Waals surface area contributed by atoms with Crippen LogP contribution in [0.25, 0.3) is 0 Å². The molecule has 0 saturated carbocycles. The zero-order valence-corrected chi connectivity index (χ0v) is 12.9. The maximum Gasteiger partial charge on any atom is 0.224 e. The first-order valence-electron chi connectivity index (χ1n) is 7.95. The van der Waals surface area contributed by atoms with Gasteiger partial charge in [0.05, 0.1) is 6.61 Å². The van der Waals surface area contributed by atoms with Crippen LogP contribution >= 0.6 is 0 Å². The average Bonchev–Trinajstić information content (AvgIpc) is 2.52. The molecule has 1 aromatic rings. The second kappa shape index (κ2) is 8.80. The summed E-state index contributed by atoms with van der Waals surface area (Å²) in [5, 5.41) is 6.34. The molecule has 1 aromatic carbocycles. The van der Waals surface area contributed by atoms with Crippen molar-refractivity contribution >= 4 is 11.6 Å². The number of anilines is 1. The Bertz CT molecular complexity index is 442. The van der Waals surface area contributed by atoms with Crippen LogP contribution in [0.4, 0.5) is 5.69 Å². The Kier molecular flexibility index (Phi) is 6.70. The molecule has 0 aromatic heterocycles. The summed E-state index contributed by atoms with van der Waals surface area (Å²) in [7, 11) is 0. The molecule has 1 saturated heterocycles. The quantitative estimate of drug-likeness (QED) is 0.812. The minimum absolute atomic E-state index is 0.113. The topological polar surface area (TPSA) is 50.4 Å². The van der Waals surface area contributed by atoms with E-state index in [0.717, 1.165) is 30.8 Å². The lowest BCUT2D eigenvalue weighted by Gasteiger charge is -2.22. The molecule has 2 rings (SSSR count). The van der Waals surface area contributed by atoms with E-state index in [2.05, 4.69) is 10.6 Å². The first-order chi connectivity index (χ1) is 10.3. The number of rotatable bonds is 7. The maximum absolute atomic E-state index is 12.0. The Morgan fingerprint density at radius 3 is 2.95 bits per heavy atom. The Hall–Kier alpha value is -1.39. The first kappa shape index (κ1) is 16.0. The Labute approximate surface area is 127 Å². The fourth-order valence-corrected chi connectivity index (χ4v) is 2.69. The number of benzene rings is 1. The summed E-state index contributed by atoms with van der Waals surface area (Å²) in [6.07, 6.45) is 3.99. The molecule has 4 heteroatoms. The van der Waals surface area contributed by atoms with Gasteiger partial charge in [-0.3, -0.25) is 4.79 Å². The average molecular weight is 290 g/mol. The molecule has 1 aliphatic rings. The highest BCUT2D eigenvalue weighted by molar-refractivity contribution is 5.90. The van der Waals surface area contributed by atoms with Gasteiger partial charge >= 0.3 is 0 Å². The van der Waals surface area contributed by atoms with Crippen LogP contribution in [0.5, 0.6) is 0 Å². The van der Waals surface area contributed by atoms with E-state index in [4.69, 9.17) is 4.74 Å². The molecule has 0 atom stereocenters. The fourth-order valence-electron chi connectivity index (χ4n) is 2.69. The van der Waals surface area contributed by atoms with Gasteiger partial charge in [-0.15, -0.1) is 0 Å². The Balaban J connectivity index is 1.76. The van der Waals surface area contributed by atoms with Gasteiger partial charge in [-0.25, -0.2) is 0 Å². The second-order valence-corrected chi connectivity index (χ2v) is 5.62. The number of hydrogen-bond donors (Lipinski definition) is 2. The predicted octanol–water partition coefficient (Wildman–Crippen LogP) is 2.94. The number of amides is 1. The number of ether oxygens (including phenoxy) is 1. The highest BCUT2D eigenvalue weighted by Gasteiger charge is 2.14. The summed E-state index contributed by atoms with van der Waals surface area (Å²) in [5.41, 5.74) is 1.95. The number of nitrogens with one attached hydrogen (secondary N) is 2. The Morgan fingerprint density at radius 1 is 1.38 bits per heavy atom. The number of carbonyl (C=O) groups excluding carboxylic acids is 1. The zero-order valence-electron chi connectivity index (χ0n) is 12.9. The molecule has 0 unspecified atom stereocenters. The van der Waals surface area contributed by atoms with Crippen LogP contribution < -0.4 is 10.6 Å². The van der Waals surface area contributed by atoms with Gasteiger partial charge in [-0.2, -0.15) is 0 Å². The minimum atomic E-state index is 0.113. The van der Waals surface area contributed by atoms with E-state index in [1.807, 2.05) is 31.2 Å². The molecule has 0 bridgehead atoms. The SMILES string of the molecule is CCOCc1cccc(NC(=O)CCC2CCNCC2)c1. The van der Waals surface area contributed by atoms with E-state index in [0.29, 0.717) is 25.6 Å². The summed E-state index contributed by atoms with van der Waals surface area (Å²) in [4.78, 5) is 12.0. The molecule has 0 spiro atoms. The molecule has 1 fully saturated rings. The van der Waals surface area contributed by atoms with Crippen molar-refractivity contribution in [1.29, 1.82) is 0 Å². The maximum atomic E-state index is 12.0. The van der Waals surface area contributed by atoms with Crippen molar-refractivity contribution in [3.05, 3.63) is 29.8 Å². The molecular formula is C17H26N2O2. The van der Waals surface area contributed by atoms with Crippen molar-refractivity contribution in [1.82, 2.24) is 5.32 Å². The number of piperidine rings is 1. The van der Waals surface area contributed by atoms with Crippen LogP contribution in [-0.2, 0) is 16.1 Å². The van der Waals surface area contributed by atoms with Crippen molar-refractivity contribution in [2.75, 3.05) is 25.0 Å². The van der Waals surface area contributed by atoms with Crippen molar-refractivity contribution in [3.8, 4) is 0 Å². The van der Waals surface area contributed by atoms with E-state index in [-0.39, 0.29) is 5.91 Å². The molecular weight excluding hydrogens is 264 g/mol. The highest BCUT2D eigenvalue weighted by Crippen LogP contribution is 2.18. The van der Waals surface area contributed by atoms with Crippen LogP contribution in [0.3, 0.4) is 0 Å². The normalized spacial score (nSPS) is 15.9. The van der Waals surface area contributed by atoms with Gasteiger partial charge in [0.1, 0.15) is 0 Å². The number of hydrogen-bond acceptors (Lipinski definition) is 3. The van der Waals surface area contributed by atoms with Crippen molar-refractivity contribution < 1.29 is 9.53 Å². The molecule has 4 nitrogen and oxygen atoms in total. The predicted molar refractivity (Wildman–Crippen MR) is 85.2 cm³/mol. The third-order valence-corrected chi connectivity index (χ3v) is 3.92. The van der Waals surface area contributed by atoms with Crippen LogP contribution in [0.1, 0.15) is 38.2 Å².